The van der Waals surface area contributed by atoms with Crippen molar-refractivity contribution in [3.05, 3.63) is 89.5 Å². The largest absolute Gasteiger partial charge is 0.493 e. The molecule has 0 bridgehead atoms. The van der Waals surface area contributed by atoms with E-state index in [4.69, 9.17) is 4.74 Å². The van der Waals surface area contributed by atoms with Crippen LogP contribution in [0.2, 0.25) is 0 Å². The van der Waals surface area contributed by atoms with E-state index in [0.29, 0.717) is 6.61 Å². The third kappa shape index (κ3) is 5.71. The van der Waals surface area contributed by atoms with Crippen LogP contribution in [0.25, 0.3) is 0 Å². The number of rotatable bonds is 10. The van der Waals surface area contributed by atoms with Crippen molar-refractivity contribution in [2.45, 2.75) is 25.8 Å². The molecule has 0 radical (unpaired) electrons. The van der Waals surface area contributed by atoms with Crippen molar-refractivity contribution < 1.29 is 9.53 Å². The number of amides is 1. The Labute approximate surface area is 189 Å². The lowest BCUT2D eigenvalue weighted by Gasteiger charge is -2.26. The summed E-state index contributed by atoms with van der Waals surface area (Å²) in [6, 6.07) is 14.0. The predicted molar refractivity (Wildman–Crippen MR) is 125 cm³/mol. The Morgan fingerprint density at radius 3 is 2.69 bits per heavy atom. The Morgan fingerprint density at radius 1 is 1.00 bits per heavy atom. The van der Waals surface area contributed by atoms with Crippen molar-refractivity contribution in [1.29, 1.82) is 0 Å². The van der Waals surface area contributed by atoms with E-state index in [1.165, 1.54) is 11.1 Å². The summed E-state index contributed by atoms with van der Waals surface area (Å²) in [5, 5.41) is 0. The number of carbonyl (C=O) groups excluding carboxylic acids is 1. The normalized spacial score (nSPS) is 13.3. The van der Waals surface area contributed by atoms with E-state index in [-0.39, 0.29) is 5.91 Å². The monoisotopic (exact) mass is 430 g/mol. The zero-order valence-corrected chi connectivity index (χ0v) is 18.6. The molecule has 0 saturated carbocycles. The molecule has 0 atom stereocenters. The van der Waals surface area contributed by atoms with Crippen LogP contribution in [0, 0.1) is 0 Å². The summed E-state index contributed by atoms with van der Waals surface area (Å²) < 4.78 is 6.13. The van der Waals surface area contributed by atoms with Crippen LogP contribution in [0.1, 0.15) is 33.5 Å². The smallest absolute Gasteiger partial charge is 0.254 e. The molecule has 3 heterocycles. The second-order valence-corrected chi connectivity index (χ2v) is 8.20. The van der Waals surface area contributed by atoms with Gasteiger partial charge in [0.1, 0.15) is 5.75 Å². The highest BCUT2D eigenvalue weighted by atomic mass is 16.5. The maximum Gasteiger partial charge on any atom is 0.254 e. The molecule has 0 N–H and O–H groups in total. The molecule has 6 nitrogen and oxygen atoms in total. The summed E-state index contributed by atoms with van der Waals surface area (Å²) in [5.41, 5.74) is 4.31. The molecule has 3 aromatic rings. The fourth-order valence-corrected chi connectivity index (χ4v) is 4.07. The average molecular weight is 431 g/mol. The Bertz CT molecular complexity index is 1010. The van der Waals surface area contributed by atoms with E-state index in [9.17, 15) is 4.79 Å². The molecule has 1 amide bonds. The molecular weight excluding hydrogens is 400 g/mol. The maximum atomic E-state index is 12.4. The molecule has 2 aromatic heterocycles. The van der Waals surface area contributed by atoms with Gasteiger partial charge < -0.3 is 9.64 Å². The first-order valence-electron chi connectivity index (χ1n) is 11.2. The number of aromatic nitrogens is 2. The van der Waals surface area contributed by atoms with Crippen molar-refractivity contribution in [3.63, 3.8) is 0 Å². The number of carbonyl (C=O) groups is 1. The van der Waals surface area contributed by atoms with Gasteiger partial charge in [-0.3, -0.25) is 19.7 Å². The highest BCUT2D eigenvalue weighted by molar-refractivity contribution is 5.97. The molecule has 166 valence electrons. The molecule has 4 rings (SSSR count). The van der Waals surface area contributed by atoms with E-state index >= 15 is 0 Å². The van der Waals surface area contributed by atoms with Crippen LogP contribution >= 0.6 is 0 Å². The Balaban J connectivity index is 1.33. The number of hydrogen-bond acceptors (Lipinski definition) is 5. The molecule has 0 aliphatic carbocycles. The second-order valence-electron chi connectivity index (χ2n) is 8.20. The summed E-state index contributed by atoms with van der Waals surface area (Å²) in [7, 11) is 1.85. The zero-order valence-electron chi connectivity index (χ0n) is 18.6. The molecule has 0 spiro atoms. The summed E-state index contributed by atoms with van der Waals surface area (Å²) in [4.78, 5) is 25.0. The molecule has 0 unspecified atom stereocenters. The molecule has 1 aliphatic heterocycles. The molecular formula is C26H30N4O2. The van der Waals surface area contributed by atoms with Crippen LogP contribution in [0.5, 0.6) is 5.75 Å². The van der Waals surface area contributed by atoms with Crippen molar-refractivity contribution in [2.24, 2.45) is 0 Å². The fourth-order valence-electron chi connectivity index (χ4n) is 4.07. The van der Waals surface area contributed by atoms with Gasteiger partial charge in [-0.15, -0.1) is 0 Å². The predicted octanol–water partition coefficient (Wildman–Crippen LogP) is 3.62. The number of hydrogen-bond donors (Lipinski definition) is 0. The third-order valence-electron chi connectivity index (χ3n) is 5.88. The fraction of sp³-hybridized carbons (Fsp3) is 0.346. The Hall–Kier alpha value is -3.25. The van der Waals surface area contributed by atoms with E-state index in [1.54, 1.807) is 4.90 Å². The standard InChI is InChI=1S/C26H30N4O2/c1-29-16-11-23-24(26(29)31)6-2-7-25(23)32-18-4-15-30(20-22-8-13-27-14-9-22)17-10-21-5-3-12-28-19-21/h2-3,5-9,12-14,19H,4,10-11,15-18,20H2,1H3. The summed E-state index contributed by atoms with van der Waals surface area (Å²) in [6.07, 6.45) is 10.1. The van der Waals surface area contributed by atoms with Crippen molar-refractivity contribution in [2.75, 3.05) is 33.3 Å². The minimum atomic E-state index is 0.0793. The summed E-state index contributed by atoms with van der Waals surface area (Å²) >= 11 is 0. The van der Waals surface area contributed by atoms with Gasteiger partial charge in [-0.2, -0.15) is 0 Å². The van der Waals surface area contributed by atoms with Crippen LogP contribution in [0.3, 0.4) is 0 Å². The summed E-state index contributed by atoms with van der Waals surface area (Å²) in [6.45, 7) is 4.12. The minimum absolute atomic E-state index is 0.0793. The first kappa shape index (κ1) is 22.0. The molecule has 0 saturated heterocycles. The molecule has 6 heteroatoms. The van der Waals surface area contributed by atoms with Crippen molar-refractivity contribution in [1.82, 2.24) is 19.8 Å². The lowest BCUT2D eigenvalue weighted by molar-refractivity contribution is 0.0779. The number of nitrogens with zero attached hydrogens (tertiary/aromatic N) is 4. The first-order chi connectivity index (χ1) is 15.7. The first-order valence-corrected chi connectivity index (χ1v) is 11.2. The van der Waals surface area contributed by atoms with Crippen molar-refractivity contribution >= 4 is 5.91 Å². The molecule has 1 aliphatic rings. The maximum absolute atomic E-state index is 12.4. The van der Waals surface area contributed by atoms with Gasteiger partial charge >= 0.3 is 0 Å². The molecule has 32 heavy (non-hydrogen) atoms. The van der Waals surface area contributed by atoms with E-state index < -0.39 is 0 Å². The van der Waals surface area contributed by atoms with Crippen LogP contribution in [-0.4, -0.2) is 59.0 Å². The van der Waals surface area contributed by atoms with E-state index in [2.05, 4.69) is 33.1 Å². The Kier molecular flexibility index (Phi) is 7.46. The summed E-state index contributed by atoms with van der Waals surface area (Å²) in [5.74, 6) is 0.927. The third-order valence-corrected chi connectivity index (χ3v) is 5.88. The molecule has 1 aromatic carbocycles. The van der Waals surface area contributed by atoms with Crippen LogP contribution in [-0.2, 0) is 19.4 Å². The topological polar surface area (TPSA) is 58.6 Å². The number of likely N-dealkylation sites (N-methyl/N-ethyl adjacent to an activating group) is 1. The van der Waals surface area contributed by atoms with Gasteiger partial charge in [0.05, 0.1) is 6.61 Å². The van der Waals surface area contributed by atoms with Gasteiger partial charge in [-0.25, -0.2) is 0 Å². The quantitative estimate of drug-likeness (QED) is 0.460. The minimum Gasteiger partial charge on any atom is -0.493 e. The van der Waals surface area contributed by atoms with Crippen LogP contribution in [0.15, 0.2) is 67.3 Å². The van der Waals surface area contributed by atoms with Gasteiger partial charge in [0, 0.05) is 69.1 Å². The highest BCUT2D eigenvalue weighted by Gasteiger charge is 2.24. The van der Waals surface area contributed by atoms with E-state index in [0.717, 1.165) is 62.3 Å². The SMILES string of the molecule is CN1CCc2c(OCCCN(CCc3cccnc3)Cc3ccncc3)cccc2C1=O. The Morgan fingerprint density at radius 2 is 1.88 bits per heavy atom. The lowest BCUT2D eigenvalue weighted by Crippen LogP contribution is -2.34. The number of pyridine rings is 2. The van der Waals surface area contributed by atoms with Gasteiger partial charge in [0.2, 0.25) is 0 Å². The average Bonchev–Trinajstić information content (AvgIpc) is 2.84. The second kappa shape index (κ2) is 10.9. The number of benzene rings is 1. The van der Waals surface area contributed by atoms with Gasteiger partial charge in [-0.1, -0.05) is 12.1 Å². The zero-order chi connectivity index (χ0) is 22.2. The van der Waals surface area contributed by atoms with Crippen LogP contribution < -0.4 is 4.74 Å². The number of fused-ring (bicyclic) bond motifs is 1. The van der Waals surface area contributed by atoms with E-state index in [1.807, 2.05) is 56.1 Å². The van der Waals surface area contributed by atoms with Gasteiger partial charge in [0.25, 0.3) is 5.91 Å². The van der Waals surface area contributed by atoms with Crippen LogP contribution in [0.4, 0.5) is 0 Å². The van der Waals surface area contributed by atoms with Crippen molar-refractivity contribution in [3.8, 4) is 5.75 Å². The highest BCUT2D eigenvalue weighted by Crippen LogP contribution is 2.27. The lowest BCUT2D eigenvalue weighted by atomic mass is 9.98. The number of ether oxygens (including phenoxy) is 1. The molecule has 0 fully saturated rings. The van der Waals surface area contributed by atoms with Gasteiger partial charge in [0.15, 0.2) is 0 Å². The van der Waals surface area contributed by atoms with Gasteiger partial charge in [-0.05, 0) is 60.7 Å².